The zero-order valence-corrected chi connectivity index (χ0v) is 16.2. The fourth-order valence-corrected chi connectivity index (χ4v) is 3.38. The highest BCUT2D eigenvalue weighted by molar-refractivity contribution is 5.92. The summed E-state index contributed by atoms with van der Waals surface area (Å²) in [6.07, 6.45) is 9.47. The summed E-state index contributed by atoms with van der Waals surface area (Å²) in [4.78, 5) is 31.8. The van der Waals surface area contributed by atoms with Gasteiger partial charge >= 0.3 is 0 Å². The lowest BCUT2D eigenvalue weighted by molar-refractivity contribution is -0.124. The van der Waals surface area contributed by atoms with Gasteiger partial charge in [-0.1, -0.05) is 12.1 Å². The highest BCUT2D eigenvalue weighted by Crippen LogP contribution is 2.28. The van der Waals surface area contributed by atoms with Gasteiger partial charge in [0.15, 0.2) is 0 Å². The lowest BCUT2D eigenvalue weighted by Gasteiger charge is -2.15. The molecule has 7 nitrogen and oxygen atoms in total. The number of anilines is 2. The monoisotopic (exact) mass is 386 g/mol. The number of carbonyl (C=O) groups excluding carboxylic acids is 1. The van der Waals surface area contributed by atoms with Gasteiger partial charge in [0.1, 0.15) is 17.5 Å². The van der Waals surface area contributed by atoms with Gasteiger partial charge in [0.25, 0.3) is 0 Å². The Balaban J connectivity index is 1.43. The molecule has 0 aliphatic carbocycles. The van der Waals surface area contributed by atoms with Crippen molar-refractivity contribution in [3.63, 3.8) is 0 Å². The second-order valence-electron chi connectivity index (χ2n) is 6.95. The molecule has 1 aliphatic rings. The highest BCUT2D eigenvalue weighted by Gasteiger charge is 2.27. The summed E-state index contributed by atoms with van der Waals surface area (Å²) in [5.74, 6) is 2.35. The van der Waals surface area contributed by atoms with E-state index in [2.05, 4.69) is 25.3 Å². The van der Waals surface area contributed by atoms with Crippen molar-refractivity contribution in [3.05, 3.63) is 78.1 Å². The Labute approximate surface area is 169 Å². The summed E-state index contributed by atoms with van der Waals surface area (Å²) in [5, 5.41) is 3.22. The molecule has 29 heavy (non-hydrogen) atoms. The Morgan fingerprint density at radius 2 is 2.10 bits per heavy atom. The number of pyridine rings is 2. The molecule has 0 saturated carbocycles. The normalized spacial score (nSPS) is 16.3. The molecular formula is C22H22N6O. The number of amides is 1. The lowest BCUT2D eigenvalue weighted by atomic mass is 10.0. The van der Waals surface area contributed by atoms with Crippen molar-refractivity contribution in [2.45, 2.75) is 19.3 Å². The van der Waals surface area contributed by atoms with Crippen LogP contribution in [0.3, 0.4) is 0 Å². The molecule has 1 atom stereocenters. The molecule has 3 aromatic rings. The highest BCUT2D eigenvalue weighted by atomic mass is 16.2. The summed E-state index contributed by atoms with van der Waals surface area (Å²) in [7, 11) is 0. The molecule has 146 valence electrons. The van der Waals surface area contributed by atoms with Crippen LogP contribution in [0.2, 0.25) is 0 Å². The third kappa shape index (κ3) is 4.82. The Bertz CT molecular complexity index is 1010. The van der Waals surface area contributed by atoms with Gasteiger partial charge in [-0.05, 0) is 43.2 Å². The number of hydrogen-bond acceptors (Lipinski definition) is 6. The van der Waals surface area contributed by atoms with E-state index >= 15 is 0 Å². The van der Waals surface area contributed by atoms with Crippen LogP contribution in [0.4, 0.5) is 11.6 Å². The van der Waals surface area contributed by atoms with Gasteiger partial charge in [0, 0.05) is 49.7 Å². The van der Waals surface area contributed by atoms with Crippen molar-refractivity contribution in [2.75, 3.05) is 18.4 Å². The minimum absolute atomic E-state index is 0.00830. The number of aromatic nitrogens is 4. The quantitative estimate of drug-likeness (QED) is 0.677. The van der Waals surface area contributed by atoms with Gasteiger partial charge in [0.05, 0.1) is 5.69 Å². The van der Waals surface area contributed by atoms with E-state index in [1.54, 1.807) is 30.7 Å². The third-order valence-electron chi connectivity index (χ3n) is 4.80. The summed E-state index contributed by atoms with van der Waals surface area (Å²) in [5.41, 5.74) is 1.86. The Morgan fingerprint density at radius 1 is 1.17 bits per heavy atom. The minimum atomic E-state index is 0.00830. The van der Waals surface area contributed by atoms with E-state index in [1.807, 2.05) is 48.2 Å². The summed E-state index contributed by atoms with van der Waals surface area (Å²) in [6.45, 7) is 3.24. The van der Waals surface area contributed by atoms with Gasteiger partial charge < -0.3 is 10.2 Å². The third-order valence-corrected chi connectivity index (χ3v) is 4.80. The van der Waals surface area contributed by atoms with Gasteiger partial charge in [-0.3, -0.25) is 9.78 Å². The molecule has 4 rings (SSSR count). The number of aryl methyl sites for hydroxylation is 1. The molecule has 3 aromatic heterocycles. The Hall–Kier alpha value is -3.61. The minimum Gasteiger partial charge on any atom is -0.338 e. The second kappa shape index (κ2) is 8.60. The maximum Gasteiger partial charge on any atom is 0.246 e. The van der Waals surface area contributed by atoms with Crippen LogP contribution in [0, 0.1) is 6.92 Å². The number of carbonyl (C=O) groups is 1. The van der Waals surface area contributed by atoms with Crippen LogP contribution in [0.25, 0.3) is 6.08 Å². The molecule has 7 heteroatoms. The largest absolute Gasteiger partial charge is 0.338 e. The van der Waals surface area contributed by atoms with Crippen LogP contribution in [-0.4, -0.2) is 43.8 Å². The average molecular weight is 386 g/mol. The summed E-state index contributed by atoms with van der Waals surface area (Å²) in [6, 6.07) is 11.4. The molecule has 0 spiro atoms. The van der Waals surface area contributed by atoms with Crippen LogP contribution >= 0.6 is 0 Å². The molecule has 0 radical (unpaired) electrons. The van der Waals surface area contributed by atoms with E-state index in [0.717, 1.165) is 23.5 Å². The van der Waals surface area contributed by atoms with Crippen LogP contribution in [-0.2, 0) is 4.79 Å². The molecule has 1 fully saturated rings. The standard InChI is InChI=1S/C22H22N6O/c1-16-25-19(13-21(26-16)27-20-6-2-3-11-24-20)18-9-12-28(15-18)22(29)8-7-17-5-4-10-23-14-17/h2-8,10-11,13-14,18H,9,12,15H2,1H3,(H,24,25,26,27)/b8-7+. The second-order valence-corrected chi connectivity index (χ2v) is 6.95. The van der Waals surface area contributed by atoms with Crippen LogP contribution in [0.1, 0.15) is 29.4 Å². The first kappa shape index (κ1) is 18.7. The van der Waals surface area contributed by atoms with E-state index in [1.165, 1.54) is 0 Å². The molecule has 0 aromatic carbocycles. The van der Waals surface area contributed by atoms with Gasteiger partial charge in [-0.15, -0.1) is 0 Å². The summed E-state index contributed by atoms with van der Waals surface area (Å²) >= 11 is 0. The van der Waals surface area contributed by atoms with Crippen LogP contribution < -0.4 is 5.32 Å². The predicted molar refractivity (Wildman–Crippen MR) is 111 cm³/mol. The van der Waals surface area contributed by atoms with Crippen molar-refractivity contribution in [3.8, 4) is 0 Å². The first-order valence-electron chi connectivity index (χ1n) is 9.58. The van der Waals surface area contributed by atoms with Crippen LogP contribution in [0.15, 0.2) is 61.1 Å². The lowest BCUT2D eigenvalue weighted by Crippen LogP contribution is -2.26. The van der Waals surface area contributed by atoms with E-state index < -0.39 is 0 Å². The molecule has 1 amide bonds. The first-order chi connectivity index (χ1) is 14.2. The van der Waals surface area contributed by atoms with Crippen molar-refractivity contribution in [2.24, 2.45) is 0 Å². The fourth-order valence-electron chi connectivity index (χ4n) is 3.38. The summed E-state index contributed by atoms with van der Waals surface area (Å²) < 4.78 is 0. The molecule has 1 aliphatic heterocycles. The smallest absolute Gasteiger partial charge is 0.246 e. The van der Waals surface area contributed by atoms with E-state index in [4.69, 9.17) is 0 Å². The van der Waals surface area contributed by atoms with Crippen molar-refractivity contribution < 1.29 is 4.79 Å². The van der Waals surface area contributed by atoms with Crippen molar-refractivity contribution in [1.29, 1.82) is 0 Å². The van der Waals surface area contributed by atoms with Crippen molar-refractivity contribution in [1.82, 2.24) is 24.8 Å². The SMILES string of the molecule is Cc1nc(Nc2ccccn2)cc(C2CCN(C(=O)/C=C/c3cccnc3)C2)n1. The topological polar surface area (TPSA) is 83.9 Å². The molecule has 4 heterocycles. The van der Waals surface area contributed by atoms with E-state index in [9.17, 15) is 4.79 Å². The van der Waals surface area contributed by atoms with Crippen LogP contribution in [0.5, 0.6) is 0 Å². The number of likely N-dealkylation sites (tertiary alicyclic amines) is 1. The maximum atomic E-state index is 12.5. The van der Waals surface area contributed by atoms with Gasteiger partial charge in [-0.2, -0.15) is 0 Å². The predicted octanol–water partition coefficient (Wildman–Crippen LogP) is 3.35. The maximum absolute atomic E-state index is 12.5. The molecule has 1 saturated heterocycles. The fraction of sp³-hybridized carbons (Fsp3) is 0.227. The number of nitrogens with one attached hydrogen (secondary N) is 1. The number of hydrogen-bond donors (Lipinski definition) is 1. The Kier molecular flexibility index (Phi) is 5.56. The van der Waals surface area contributed by atoms with Gasteiger partial charge in [-0.25, -0.2) is 15.0 Å². The van der Waals surface area contributed by atoms with E-state index in [0.29, 0.717) is 24.7 Å². The first-order valence-corrected chi connectivity index (χ1v) is 9.58. The number of nitrogens with zero attached hydrogens (tertiary/aromatic N) is 5. The molecule has 1 N–H and O–H groups in total. The van der Waals surface area contributed by atoms with Crippen molar-refractivity contribution >= 4 is 23.6 Å². The molecular weight excluding hydrogens is 364 g/mol. The van der Waals surface area contributed by atoms with E-state index in [-0.39, 0.29) is 11.8 Å². The van der Waals surface area contributed by atoms with Gasteiger partial charge in [0.2, 0.25) is 5.91 Å². The molecule has 0 bridgehead atoms. The average Bonchev–Trinajstić information content (AvgIpc) is 3.24. The Morgan fingerprint density at radius 3 is 2.90 bits per heavy atom. The zero-order chi connectivity index (χ0) is 20.1. The zero-order valence-electron chi connectivity index (χ0n) is 16.2. The number of rotatable bonds is 5. The molecule has 1 unspecified atom stereocenters.